The Morgan fingerprint density at radius 3 is 1.73 bits per heavy atom. The number of allylic oxidation sites excluding steroid dienone is 2. The van der Waals surface area contributed by atoms with Gasteiger partial charge in [-0.15, -0.1) is 0 Å². The number of Topliss-reactive ketones (excluding diaryl/α,β-unsaturated/α-hetero) is 1. The third kappa shape index (κ3) is 5.21. The van der Waals surface area contributed by atoms with E-state index < -0.39 is 0 Å². The first kappa shape index (κ1) is 13.7. The van der Waals surface area contributed by atoms with E-state index in [1.165, 1.54) is 5.57 Å². The Balaban J connectivity index is 0.000000241. The van der Waals surface area contributed by atoms with E-state index in [0.29, 0.717) is 5.78 Å². The Morgan fingerprint density at radius 2 is 1.60 bits per heavy atom. The van der Waals surface area contributed by atoms with E-state index in [-0.39, 0.29) is 0 Å². The smallest absolute Gasteiger partial charge is 0.158 e. The van der Waals surface area contributed by atoms with Crippen LogP contribution in [0, 0.1) is 0 Å². The van der Waals surface area contributed by atoms with Crippen molar-refractivity contribution in [3.8, 4) is 0 Å². The van der Waals surface area contributed by atoms with Gasteiger partial charge in [0.1, 0.15) is 0 Å². The highest BCUT2D eigenvalue weighted by atomic mass is 16.3. The van der Waals surface area contributed by atoms with E-state index >= 15 is 0 Å². The summed E-state index contributed by atoms with van der Waals surface area (Å²) in [4.78, 5) is 10.7. The number of hydrogen-bond donors (Lipinski definition) is 0. The molecule has 0 aliphatic heterocycles. The van der Waals surface area contributed by atoms with E-state index in [0.717, 1.165) is 18.4 Å². The summed E-state index contributed by atoms with van der Waals surface area (Å²) in [6.07, 6.45) is 4.99. The van der Waals surface area contributed by atoms with E-state index in [4.69, 9.17) is 0 Å². The van der Waals surface area contributed by atoms with Gasteiger partial charge in [-0.1, -0.05) is 19.4 Å². The fourth-order valence-corrected chi connectivity index (χ4v) is 1.14. The maximum absolute atomic E-state index is 10.7. The average molecular weight is 208 g/mol. The topological polar surface area (TPSA) is 30.2 Å². The summed E-state index contributed by atoms with van der Waals surface area (Å²) in [5.74, 6) is 0.336. The van der Waals surface area contributed by atoms with Gasteiger partial charge in [0, 0.05) is 6.42 Å². The highest BCUT2D eigenvalue weighted by molar-refractivity contribution is 5.97. The Kier molecular flexibility index (Phi) is 7.33. The van der Waals surface area contributed by atoms with Gasteiger partial charge >= 0.3 is 0 Å². The Bertz CT molecular complexity index is 277. The highest BCUT2D eigenvalue weighted by Crippen LogP contribution is 2.20. The normalized spacial score (nSPS) is 14.0. The molecule has 0 spiro atoms. The zero-order chi connectivity index (χ0) is 11.7. The van der Waals surface area contributed by atoms with Crippen molar-refractivity contribution in [2.24, 2.45) is 0 Å². The van der Waals surface area contributed by atoms with Crippen LogP contribution in [0.5, 0.6) is 0 Å². The molecule has 0 saturated carbocycles. The molecule has 15 heavy (non-hydrogen) atoms. The maximum Gasteiger partial charge on any atom is 0.158 e. The molecule has 2 heteroatoms. The first-order valence-corrected chi connectivity index (χ1v) is 5.38. The number of rotatable bonds is 0. The summed E-state index contributed by atoms with van der Waals surface area (Å²) in [6.45, 7) is 7.94. The average Bonchev–Trinajstić information content (AvgIpc) is 2.92. The van der Waals surface area contributed by atoms with Crippen molar-refractivity contribution in [2.75, 3.05) is 0 Å². The standard InChI is InChI=1S/C7H10O.C4H4O.C2H6/c1-5-3-4-7(8)6(5)2;1-2-4-5-3-1;1-2/h3-4H2,1-2H3;1-4H;1-2H3. The van der Waals surface area contributed by atoms with Gasteiger partial charge in [0.15, 0.2) is 5.78 Å². The van der Waals surface area contributed by atoms with Crippen LogP contribution in [0.2, 0.25) is 0 Å². The summed E-state index contributed by atoms with van der Waals surface area (Å²) < 4.78 is 4.58. The second-order valence-corrected chi connectivity index (χ2v) is 3.12. The molecule has 2 nitrogen and oxygen atoms in total. The first-order chi connectivity index (χ1) is 7.22. The van der Waals surface area contributed by atoms with Crippen molar-refractivity contribution in [3.63, 3.8) is 0 Å². The molecule has 1 aromatic rings. The summed E-state index contributed by atoms with van der Waals surface area (Å²) >= 11 is 0. The van der Waals surface area contributed by atoms with Crippen molar-refractivity contribution in [3.05, 3.63) is 35.8 Å². The van der Waals surface area contributed by atoms with Gasteiger partial charge in [0.25, 0.3) is 0 Å². The molecule has 1 aliphatic carbocycles. The number of furan rings is 1. The SMILES string of the molecule is CC.CC1=C(C)C(=O)CC1.c1ccoc1. The predicted molar refractivity (Wildman–Crippen MR) is 62.7 cm³/mol. The van der Waals surface area contributed by atoms with Crippen molar-refractivity contribution in [1.29, 1.82) is 0 Å². The van der Waals surface area contributed by atoms with Crippen LogP contribution in [0.4, 0.5) is 0 Å². The second kappa shape index (κ2) is 8.04. The quantitative estimate of drug-likeness (QED) is 0.645. The molecule has 0 unspecified atom stereocenters. The zero-order valence-corrected chi connectivity index (χ0v) is 10.0. The summed E-state index contributed by atoms with van der Waals surface area (Å²) in [5.41, 5.74) is 2.26. The van der Waals surface area contributed by atoms with Gasteiger partial charge in [-0.05, 0) is 38.0 Å². The lowest BCUT2D eigenvalue weighted by atomic mass is 10.2. The molecule has 0 N–H and O–H groups in total. The molecule has 0 saturated heterocycles. The minimum atomic E-state index is 0.336. The first-order valence-electron chi connectivity index (χ1n) is 5.38. The lowest BCUT2D eigenvalue weighted by Crippen LogP contribution is -1.89. The van der Waals surface area contributed by atoms with Gasteiger partial charge in [0.05, 0.1) is 12.5 Å². The van der Waals surface area contributed by atoms with Crippen LogP contribution in [0.15, 0.2) is 40.2 Å². The molecule has 0 aromatic carbocycles. The lowest BCUT2D eigenvalue weighted by molar-refractivity contribution is -0.114. The fraction of sp³-hybridized carbons (Fsp3) is 0.462. The Hall–Kier alpha value is -1.31. The Morgan fingerprint density at radius 1 is 1.07 bits per heavy atom. The number of hydrogen-bond acceptors (Lipinski definition) is 2. The zero-order valence-electron chi connectivity index (χ0n) is 10.0. The maximum atomic E-state index is 10.7. The molecule has 1 aromatic heterocycles. The summed E-state index contributed by atoms with van der Waals surface area (Å²) in [7, 11) is 0. The largest absolute Gasteiger partial charge is 0.473 e. The molecule has 84 valence electrons. The number of ketones is 1. The van der Waals surface area contributed by atoms with Gasteiger partial charge < -0.3 is 4.42 Å². The molecule has 1 heterocycles. The van der Waals surface area contributed by atoms with Crippen LogP contribution in [0.25, 0.3) is 0 Å². The van der Waals surface area contributed by atoms with Gasteiger partial charge in [-0.3, -0.25) is 4.79 Å². The van der Waals surface area contributed by atoms with Crippen molar-refractivity contribution < 1.29 is 9.21 Å². The lowest BCUT2D eigenvalue weighted by Gasteiger charge is -1.86. The summed E-state index contributed by atoms with van der Waals surface area (Å²) in [6, 6.07) is 3.67. The van der Waals surface area contributed by atoms with Crippen LogP contribution in [0.3, 0.4) is 0 Å². The molecule has 1 aliphatic rings. The van der Waals surface area contributed by atoms with E-state index in [1.54, 1.807) is 12.5 Å². The van der Waals surface area contributed by atoms with E-state index in [2.05, 4.69) is 4.42 Å². The van der Waals surface area contributed by atoms with Crippen LogP contribution < -0.4 is 0 Å². The van der Waals surface area contributed by atoms with Crippen LogP contribution in [0.1, 0.15) is 40.5 Å². The molecular formula is C13H20O2. The Labute approximate surface area is 92.0 Å². The van der Waals surface area contributed by atoms with Crippen molar-refractivity contribution in [2.45, 2.75) is 40.5 Å². The molecule has 2 rings (SSSR count). The monoisotopic (exact) mass is 208 g/mol. The minimum absolute atomic E-state index is 0.336. The third-order valence-electron chi connectivity index (χ3n) is 2.21. The molecule has 0 radical (unpaired) electrons. The van der Waals surface area contributed by atoms with Crippen LogP contribution in [-0.2, 0) is 4.79 Å². The molecule has 0 fully saturated rings. The van der Waals surface area contributed by atoms with E-state index in [1.807, 2.05) is 39.8 Å². The number of carbonyl (C=O) groups excluding carboxylic acids is 1. The molecular weight excluding hydrogens is 188 g/mol. The highest BCUT2D eigenvalue weighted by Gasteiger charge is 2.14. The van der Waals surface area contributed by atoms with Crippen LogP contribution in [-0.4, -0.2) is 5.78 Å². The fourth-order valence-electron chi connectivity index (χ4n) is 1.14. The van der Waals surface area contributed by atoms with Crippen molar-refractivity contribution in [1.82, 2.24) is 0 Å². The van der Waals surface area contributed by atoms with Crippen LogP contribution >= 0.6 is 0 Å². The van der Waals surface area contributed by atoms with Gasteiger partial charge in [0.2, 0.25) is 0 Å². The summed E-state index contributed by atoms with van der Waals surface area (Å²) in [5, 5.41) is 0. The third-order valence-corrected chi connectivity index (χ3v) is 2.21. The predicted octanol–water partition coefficient (Wildman–Crippen LogP) is 3.99. The molecule has 0 amide bonds. The number of carbonyl (C=O) groups is 1. The second-order valence-electron chi connectivity index (χ2n) is 3.12. The van der Waals surface area contributed by atoms with E-state index in [9.17, 15) is 4.79 Å². The molecule has 0 atom stereocenters. The molecule has 0 bridgehead atoms. The minimum Gasteiger partial charge on any atom is -0.473 e. The van der Waals surface area contributed by atoms with Gasteiger partial charge in [-0.25, -0.2) is 0 Å². The van der Waals surface area contributed by atoms with Gasteiger partial charge in [-0.2, -0.15) is 0 Å². The van der Waals surface area contributed by atoms with Crippen molar-refractivity contribution >= 4 is 5.78 Å².